The topological polar surface area (TPSA) is 259 Å². The van der Waals surface area contributed by atoms with Crippen LogP contribution in [0.2, 0.25) is 0 Å². The highest BCUT2D eigenvalue weighted by Gasteiger charge is 2.21. The van der Waals surface area contributed by atoms with E-state index in [0.29, 0.717) is 12.8 Å². The smallest absolute Gasteiger partial charge is 0.331 e. The quantitative estimate of drug-likeness (QED) is 0.122. The zero-order valence-electron chi connectivity index (χ0n) is 47.0. The van der Waals surface area contributed by atoms with E-state index in [1.165, 1.54) is 42.7 Å². The second-order valence-corrected chi connectivity index (χ2v) is 9.30. The normalized spacial score (nSPS) is 6.28. The van der Waals surface area contributed by atoms with E-state index in [1.54, 1.807) is 34.6 Å². The number of methoxy groups -OCH3 is 6. The Kier molecular flexibility index (Phi) is 446. The summed E-state index contributed by atoms with van der Waals surface area (Å²) >= 11 is 0. The van der Waals surface area contributed by atoms with Gasteiger partial charge in [0, 0.05) is 55.5 Å². The number of hydrogen-bond donors (Lipinski definition) is 5. The SMILES string of the molecule is C.C.C.C.C.C.C.CC.CC.CC.CC.CC.CC.CC.CC(C)(C)C(=O)O.CCC(=O)OC.CCC(C)=O.CO.CO.CO.CO.COC(=O)C(C)(C)C.COCC(=O)OC.COCC(=O)OC. The van der Waals surface area contributed by atoms with Gasteiger partial charge in [0.25, 0.3) is 0 Å². The molecule has 0 saturated carbocycles. The Morgan fingerprint density at radius 1 is 0.362 bits per heavy atom. The number of esters is 4. The second-order valence-electron chi connectivity index (χ2n) is 9.30. The molecule has 69 heavy (non-hydrogen) atoms. The van der Waals surface area contributed by atoms with Crippen molar-refractivity contribution in [3.05, 3.63) is 0 Å². The molecule has 0 spiro atoms. The van der Waals surface area contributed by atoms with Crippen molar-refractivity contribution in [2.24, 2.45) is 10.8 Å². The highest BCUT2D eigenvalue weighted by atomic mass is 16.6. The van der Waals surface area contributed by atoms with Crippen LogP contribution in [-0.2, 0) is 57.2 Å². The van der Waals surface area contributed by atoms with E-state index >= 15 is 0 Å². The molecule has 0 amide bonds. The Morgan fingerprint density at radius 3 is 0.536 bits per heavy atom. The third-order valence-corrected chi connectivity index (χ3v) is 3.43. The first-order valence-corrected chi connectivity index (χ1v) is 20.9. The average Bonchev–Trinajstić information content (AvgIpc) is 3.33. The third kappa shape index (κ3) is 356. The van der Waals surface area contributed by atoms with Gasteiger partial charge in [-0.1, -0.05) is 163 Å². The Morgan fingerprint density at radius 2 is 0.522 bits per heavy atom. The molecule has 0 atom stereocenters. The van der Waals surface area contributed by atoms with Gasteiger partial charge in [-0.25, -0.2) is 9.59 Å². The molecule has 0 aromatic rings. The second kappa shape index (κ2) is 195. The monoisotopic (exact) mass is 1040 g/mol. The fraction of sp³-hybridized carbons (Fsp3) is 0.885. The van der Waals surface area contributed by atoms with Crippen LogP contribution in [-0.4, -0.2) is 145 Å². The summed E-state index contributed by atoms with van der Waals surface area (Å²) in [6.45, 7) is 43.7. The molecule has 0 aromatic carbocycles. The molecule has 0 bridgehead atoms. The number of carbonyl (C=O) groups excluding carboxylic acids is 5. The van der Waals surface area contributed by atoms with Crippen molar-refractivity contribution in [1.82, 2.24) is 0 Å². The van der Waals surface area contributed by atoms with Crippen LogP contribution in [0, 0.1) is 10.8 Å². The van der Waals surface area contributed by atoms with Gasteiger partial charge in [-0.15, -0.1) is 0 Å². The summed E-state index contributed by atoms with van der Waals surface area (Å²) in [6.07, 6.45) is 1.14. The van der Waals surface area contributed by atoms with Crippen LogP contribution >= 0.6 is 0 Å². The number of hydrogen-bond acceptors (Lipinski definition) is 16. The lowest BCUT2D eigenvalue weighted by atomic mass is 9.98. The number of aliphatic hydroxyl groups is 4. The zero-order chi connectivity index (χ0) is 55.5. The molecule has 0 heterocycles. The molecule has 0 rings (SSSR count). The highest BCUT2D eigenvalue weighted by Crippen LogP contribution is 2.13. The maximum absolute atomic E-state index is 10.6. The van der Waals surface area contributed by atoms with Gasteiger partial charge in [-0.2, -0.15) is 0 Å². The molecule has 0 aromatic heterocycles. The minimum absolute atomic E-state index is 0. The number of rotatable bonds is 6. The van der Waals surface area contributed by atoms with E-state index in [9.17, 15) is 28.8 Å². The predicted molar refractivity (Wildman–Crippen MR) is 309 cm³/mol. The van der Waals surface area contributed by atoms with E-state index < -0.39 is 11.4 Å². The van der Waals surface area contributed by atoms with Crippen molar-refractivity contribution in [2.75, 3.05) is 84.3 Å². The lowest BCUT2D eigenvalue weighted by Gasteiger charge is -2.13. The Labute approximate surface area is 436 Å². The van der Waals surface area contributed by atoms with Gasteiger partial charge in [0.1, 0.15) is 19.0 Å². The van der Waals surface area contributed by atoms with Gasteiger partial charge in [0.2, 0.25) is 0 Å². The summed E-state index contributed by atoms with van der Waals surface area (Å²) in [4.78, 5) is 60.5. The van der Waals surface area contributed by atoms with Gasteiger partial charge < -0.3 is 58.7 Å². The molecule has 0 unspecified atom stereocenters. The van der Waals surface area contributed by atoms with Crippen molar-refractivity contribution < 1.29 is 82.7 Å². The van der Waals surface area contributed by atoms with Crippen LogP contribution in [0.1, 0.15) is 224 Å². The number of Topliss-reactive ketones (excluding diaryl/α,β-unsaturated/α-hetero) is 1. The maximum atomic E-state index is 10.6. The molecular weight excluding hydrogens is 897 g/mol. The predicted octanol–water partition coefficient (Wildman–Crippen LogP) is 13.6. The number of ketones is 1. The molecule has 17 heteroatoms. The van der Waals surface area contributed by atoms with Gasteiger partial charge in [0.05, 0.1) is 39.3 Å². The fourth-order valence-corrected chi connectivity index (χ4v) is 0.804. The molecule has 17 nitrogen and oxygen atoms in total. The van der Waals surface area contributed by atoms with Gasteiger partial charge in [0.15, 0.2) is 0 Å². The zero-order valence-corrected chi connectivity index (χ0v) is 47.0. The van der Waals surface area contributed by atoms with Crippen molar-refractivity contribution in [1.29, 1.82) is 0 Å². The van der Waals surface area contributed by atoms with Gasteiger partial charge in [-0.05, 0) is 48.5 Å². The van der Waals surface area contributed by atoms with E-state index in [0.717, 1.165) is 28.4 Å². The van der Waals surface area contributed by atoms with Crippen LogP contribution in [0.3, 0.4) is 0 Å². The van der Waals surface area contributed by atoms with Gasteiger partial charge >= 0.3 is 29.8 Å². The average molecular weight is 1040 g/mol. The van der Waals surface area contributed by atoms with E-state index in [-0.39, 0.29) is 100 Å². The first kappa shape index (κ1) is 158. The number of aliphatic hydroxyl groups excluding tert-OH is 4. The Balaban J connectivity index is -0.0000000145. The number of carbonyl (C=O) groups is 6. The number of ether oxygens (including phenoxy) is 6. The molecule has 0 saturated heterocycles. The summed E-state index contributed by atoms with van der Waals surface area (Å²) in [5.74, 6) is -1.52. The summed E-state index contributed by atoms with van der Waals surface area (Å²) in [6, 6.07) is 0. The summed E-state index contributed by atoms with van der Waals surface area (Å²) in [5.41, 5.74) is -0.936. The molecule has 0 aliphatic carbocycles. The van der Waals surface area contributed by atoms with E-state index in [4.69, 9.17) is 25.5 Å². The van der Waals surface area contributed by atoms with Gasteiger partial charge in [-0.3, -0.25) is 14.4 Å². The maximum Gasteiger partial charge on any atom is 0.331 e. The van der Waals surface area contributed by atoms with Crippen LogP contribution in [0.5, 0.6) is 0 Å². The Hall–Kier alpha value is -3.22. The Bertz CT molecular complexity index is 668. The van der Waals surface area contributed by atoms with Crippen molar-refractivity contribution >= 4 is 35.6 Å². The summed E-state index contributed by atoms with van der Waals surface area (Å²) < 4.78 is 26.0. The standard InChI is InChI=1S/C6H12O2.C5H10O2.2C4H8O3.C4H8O2.C4H8O.7C2H6.4CH4O.7CH4/c1-6(2,3)5(7)8-4;1-5(2,3)4(6)7;2*1-6-3-4(5)7-2;1-3-4(5)6-2;1-3-4(2)5;11*1-2;;;;;;;/h1-4H3;1-3H3,(H,6,7);2*3H2,1-2H3;3H2,1-2H3;3H2,1-2H3;7*1-2H3;4*2H,1H3;7*1H4. The summed E-state index contributed by atoms with van der Waals surface area (Å²) in [5, 5.41) is 36.2. The summed E-state index contributed by atoms with van der Waals surface area (Å²) in [7, 11) is 12.3. The first-order valence-electron chi connectivity index (χ1n) is 20.9. The van der Waals surface area contributed by atoms with E-state index in [2.05, 4.69) is 28.4 Å². The van der Waals surface area contributed by atoms with Crippen LogP contribution < -0.4 is 0 Å². The molecule has 0 radical (unpaired) electrons. The number of carboxylic acid groups (broad SMARTS) is 1. The van der Waals surface area contributed by atoms with Crippen molar-refractivity contribution in [3.63, 3.8) is 0 Å². The van der Waals surface area contributed by atoms with Crippen molar-refractivity contribution in [2.45, 2.75) is 224 Å². The van der Waals surface area contributed by atoms with Crippen LogP contribution in [0.25, 0.3) is 0 Å². The molecular formula is C52H140O17. The minimum atomic E-state index is -0.757. The fourth-order valence-electron chi connectivity index (χ4n) is 0.804. The van der Waals surface area contributed by atoms with Crippen molar-refractivity contribution in [3.8, 4) is 0 Å². The van der Waals surface area contributed by atoms with E-state index in [1.807, 2.05) is 125 Å². The molecule has 0 fully saturated rings. The molecule has 5 N–H and O–H groups in total. The van der Waals surface area contributed by atoms with Crippen LogP contribution in [0.4, 0.5) is 0 Å². The largest absolute Gasteiger partial charge is 0.481 e. The van der Waals surface area contributed by atoms with Crippen LogP contribution in [0.15, 0.2) is 0 Å². The molecule has 0 aliphatic rings. The number of carboxylic acids is 1. The molecule has 0 aliphatic heterocycles. The third-order valence-electron chi connectivity index (χ3n) is 3.43. The lowest BCUT2D eigenvalue weighted by Crippen LogP contribution is -2.21. The molecule has 450 valence electrons. The highest BCUT2D eigenvalue weighted by molar-refractivity contribution is 5.75. The first-order chi connectivity index (χ1) is 29.1. The minimum Gasteiger partial charge on any atom is -0.481 e. The number of aliphatic carboxylic acids is 1. The lowest BCUT2D eigenvalue weighted by molar-refractivity contribution is -0.150.